The summed E-state index contributed by atoms with van der Waals surface area (Å²) in [6.07, 6.45) is 1.85. The summed E-state index contributed by atoms with van der Waals surface area (Å²) in [6.45, 7) is 1.08. The number of pyridine rings is 1. The van der Waals surface area contributed by atoms with Gasteiger partial charge in [-0.2, -0.15) is 11.8 Å². The van der Waals surface area contributed by atoms with E-state index >= 15 is 0 Å². The van der Waals surface area contributed by atoms with E-state index < -0.39 is 0 Å². The van der Waals surface area contributed by atoms with Crippen LogP contribution in [-0.4, -0.2) is 34.4 Å². The number of alkyl halides is 1. The van der Waals surface area contributed by atoms with Crippen LogP contribution in [0.4, 0.5) is 5.82 Å². The number of aromatic nitrogens is 1. The van der Waals surface area contributed by atoms with Crippen molar-refractivity contribution in [2.45, 2.75) is 6.04 Å². The molecule has 1 fully saturated rings. The first-order valence-electron chi connectivity index (χ1n) is 4.84. The molecule has 0 aromatic carbocycles. The predicted molar refractivity (Wildman–Crippen MR) is 74.2 cm³/mol. The molecular formula is C10H12Br2N2S. The van der Waals surface area contributed by atoms with Crippen molar-refractivity contribution < 1.29 is 0 Å². The Morgan fingerprint density at radius 2 is 2.47 bits per heavy atom. The number of thioether (sulfide) groups is 1. The Morgan fingerprint density at radius 1 is 1.60 bits per heavy atom. The van der Waals surface area contributed by atoms with Gasteiger partial charge in [0.25, 0.3) is 0 Å². The lowest BCUT2D eigenvalue weighted by Gasteiger charge is -2.35. The van der Waals surface area contributed by atoms with Crippen LogP contribution in [0.25, 0.3) is 0 Å². The fourth-order valence-electron chi connectivity index (χ4n) is 1.65. The van der Waals surface area contributed by atoms with Gasteiger partial charge in [-0.25, -0.2) is 4.98 Å². The highest BCUT2D eigenvalue weighted by Crippen LogP contribution is 2.29. The average molecular weight is 352 g/mol. The van der Waals surface area contributed by atoms with Crippen LogP contribution >= 0.6 is 43.6 Å². The van der Waals surface area contributed by atoms with E-state index in [4.69, 9.17) is 0 Å². The van der Waals surface area contributed by atoms with E-state index in [1.54, 1.807) is 0 Å². The molecule has 1 atom stereocenters. The topological polar surface area (TPSA) is 16.1 Å². The summed E-state index contributed by atoms with van der Waals surface area (Å²) in [5.41, 5.74) is 0. The molecule has 82 valence electrons. The van der Waals surface area contributed by atoms with E-state index in [9.17, 15) is 0 Å². The summed E-state index contributed by atoms with van der Waals surface area (Å²) in [7, 11) is 0. The summed E-state index contributed by atoms with van der Waals surface area (Å²) in [4.78, 5) is 6.83. The van der Waals surface area contributed by atoms with Crippen LogP contribution in [0.3, 0.4) is 0 Å². The van der Waals surface area contributed by atoms with Gasteiger partial charge in [0, 0.05) is 35.6 Å². The third-order valence-corrected chi connectivity index (χ3v) is 4.87. The van der Waals surface area contributed by atoms with Gasteiger partial charge in [-0.1, -0.05) is 15.9 Å². The SMILES string of the molecule is BrCC1CSCCN1c1ncccc1Br. The molecule has 1 saturated heterocycles. The third-order valence-electron chi connectivity index (χ3n) is 2.42. The van der Waals surface area contributed by atoms with E-state index in [-0.39, 0.29) is 0 Å². The van der Waals surface area contributed by atoms with Gasteiger partial charge in [0.15, 0.2) is 0 Å². The predicted octanol–water partition coefficient (Wildman–Crippen LogP) is 3.16. The van der Waals surface area contributed by atoms with Crippen molar-refractivity contribution >= 4 is 49.4 Å². The largest absolute Gasteiger partial charge is 0.350 e. The van der Waals surface area contributed by atoms with E-state index in [0.29, 0.717) is 6.04 Å². The smallest absolute Gasteiger partial charge is 0.143 e. The van der Waals surface area contributed by atoms with Crippen molar-refractivity contribution in [3.63, 3.8) is 0 Å². The van der Waals surface area contributed by atoms with E-state index in [0.717, 1.165) is 22.2 Å². The van der Waals surface area contributed by atoms with Crippen LogP contribution < -0.4 is 4.90 Å². The Kier molecular flexibility index (Phi) is 4.34. The maximum atomic E-state index is 4.45. The minimum Gasteiger partial charge on any atom is -0.350 e. The van der Waals surface area contributed by atoms with Crippen LogP contribution in [0.1, 0.15) is 0 Å². The van der Waals surface area contributed by atoms with Crippen LogP contribution in [0.2, 0.25) is 0 Å². The van der Waals surface area contributed by atoms with Crippen molar-refractivity contribution in [3.8, 4) is 0 Å². The quantitative estimate of drug-likeness (QED) is 0.761. The Balaban J connectivity index is 2.24. The molecule has 0 amide bonds. The second-order valence-corrected chi connectivity index (χ2v) is 6.04. The molecule has 0 bridgehead atoms. The molecule has 0 saturated carbocycles. The molecule has 0 N–H and O–H groups in total. The molecule has 0 radical (unpaired) electrons. The first-order chi connectivity index (χ1) is 7.33. The molecule has 15 heavy (non-hydrogen) atoms. The zero-order valence-electron chi connectivity index (χ0n) is 8.20. The molecule has 0 aliphatic carbocycles. The van der Waals surface area contributed by atoms with Crippen molar-refractivity contribution in [1.29, 1.82) is 0 Å². The lowest BCUT2D eigenvalue weighted by molar-refractivity contribution is 0.699. The highest BCUT2D eigenvalue weighted by atomic mass is 79.9. The minimum atomic E-state index is 0.551. The third kappa shape index (κ3) is 2.68. The highest BCUT2D eigenvalue weighted by molar-refractivity contribution is 9.10. The zero-order chi connectivity index (χ0) is 10.7. The molecular weight excluding hydrogens is 340 g/mol. The monoisotopic (exact) mass is 350 g/mol. The van der Waals surface area contributed by atoms with Crippen molar-refractivity contribution in [3.05, 3.63) is 22.8 Å². The lowest BCUT2D eigenvalue weighted by atomic mass is 10.3. The van der Waals surface area contributed by atoms with Crippen LogP contribution in [-0.2, 0) is 0 Å². The number of halogens is 2. The molecule has 1 unspecified atom stereocenters. The molecule has 5 heteroatoms. The van der Waals surface area contributed by atoms with Crippen molar-refractivity contribution in [2.24, 2.45) is 0 Å². The molecule has 1 aliphatic heterocycles. The number of anilines is 1. The number of hydrogen-bond acceptors (Lipinski definition) is 3. The second-order valence-electron chi connectivity index (χ2n) is 3.39. The van der Waals surface area contributed by atoms with Gasteiger partial charge in [0.2, 0.25) is 0 Å². The van der Waals surface area contributed by atoms with Crippen LogP contribution in [0.15, 0.2) is 22.8 Å². The first kappa shape index (κ1) is 11.7. The van der Waals surface area contributed by atoms with E-state index in [2.05, 4.69) is 47.8 Å². The Morgan fingerprint density at radius 3 is 3.20 bits per heavy atom. The van der Waals surface area contributed by atoms with Gasteiger partial charge in [0.05, 0.1) is 4.47 Å². The summed E-state index contributed by atoms with van der Waals surface area (Å²) in [6, 6.07) is 4.56. The summed E-state index contributed by atoms with van der Waals surface area (Å²) in [5, 5.41) is 1.00. The van der Waals surface area contributed by atoms with Crippen LogP contribution in [0.5, 0.6) is 0 Å². The first-order valence-corrected chi connectivity index (χ1v) is 7.90. The highest BCUT2D eigenvalue weighted by Gasteiger charge is 2.24. The standard InChI is InChI=1S/C10H12Br2N2S/c11-6-8-7-15-5-4-14(8)10-9(12)2-1-3-13-10/h1-3,8H,4-7H2. The van der Waals surface area contributed by atoms with Gasteiger partial charge in [0.1, 0.15) is 5.82 Å². The molecule has 2 rings (SSSR count). The average Bonchev–Trinajstić information content (AvgIpc) is 2.30. The van der Waals surface area contributed by atoms with Gasteiger partial charge >= 0.3 is 0 Å². The summed E-state index contributed by atoms with van der Waals surface area (Å²) < 4.78 is 1.09. The van der Waals surface area contributed by atoms with Gasteiger partial charge in [-0.3, -0.25) is 0 Å². The second kappa shape index (κ2) is 5.55. The van der Waals surface area contributed by atoms with Crippen LogP contribution in [0, 0.1) is 0 Å². The summed E-state index contributed by atoms with van der Waals surface area (Å²) in [5.74, 6) is 3.43. The number of nitrogens with zero attached hydrogens (tertiary/aromatic N) is 2. The van der Waals surface area contributed by atoms with Crippen molar-refractivity contribution in [2.75, 3.05) is 28.3 Å². The van der Waals surface area contributed by atoms with Gasteiger partial charge in [-0.15, -0.1) is 0 Å². The van der Waals surface area contributed by atoms with E-state index in [1.807, 2.05) is 24.0 Å². The van der Waals surface area contributed by atoms with Gasteiger partial charge in [-0.05, 0) is 28.1 Å². The Hall–Kier alpha value is 0.260. The van der Waals surface area contributed by atoms with Crippen molar-refractivity contribution in [1.82, 2.24) is 4.98 Å². The Labute approximate surface area is 111 Å². The minimum absolute atomic E-state index is 0.551. The fraction of sp³-hybridized carbons (Fsp3) is 0.500. The molecule has 1 aliphatic rings. The maximum Gasteiger partial charge on any atom is 0.143 e. The molecule has 1 aromatic rings. The lowest BCUT2D eigenvalue weighted by Crippen LogP contribution is -2.44. The normalized spacial score (nSPS) is 21.7. The Bertz CT molecular complexity index is 335. The maximum absolute atomic E-state index is 4.45. The van der Waals surface area contributed by atoms with Gasteiger partial charge < -0.3 is 4.90 Å². The fourth-order valence-corrected chi connectivity index (χ4v) is 4.08. The number of hydrogen-bond donors (Lipinski definition) is 0. The summed E-state index contributed by atoms with van der Waals surface area (Å²) >= 11 is 9.15. The molecule has 0 spiro atoms. The molecule has 2 nitrogen and oxygen atoms in total. The number of rotatable bonds is 2. The molecule has 1 aromatic heterocycles. The zero-order valence-corrected chi connectivity index (χ0v) is 12.2. The molecule has 2 heterocycles. The van der Waals surface area contributed by atoms with E-state index in [1.165, 1.54) is 11.5 Å².